The number of ether oxygens (including phenoxy) is 2. The highest BCUT2D eigenvalue weighted by Gasteiger charge is 2.71. The molecular formula is C34H47FN2O4. The molecule has 2 heterocycles. The van der Waals surface area contributed by atoms with Crippen LogP contribution in [0.25, 0.3) is 0 Å². The fraction of sp³-hybridized carbons (Fsp3) is 0.765. The predicted molar refractivity (Wildman–Crippen MR) is 154 cm³/mol. The average Bonchev–Trinajstić information content (AvgIpc) is 3.39. The molecule has 224 valence electrons. The van der Waals surface area contributed by atoms with Gasteiger partial charge in [0.05, 0.1) is 12.7 Å². The van der Waals surface area contributed by atoms with Crippen LogP contribution in [0.1, 0.15) is 85.5 Å². The highest BCUT2D eigenvalue weighted by molar-refractivity contribution is 5.89. The van der Waals surface area contributed by atoms with E-state index in [1.165, 1.54) is 18.6 Å². The second-order valence-corrected chi connectivity index (χ2v) is 15.1. The molecule has 7 rings (SSSR count). The van der Waals surface area contributed by atoms with Gasteiger partial charge in [0.25, 0.3) is 0 Å². The Bertz CT molecular complexity index is 1200. The summed E-state index contributed by atoms with van der Waals surface area (Å²) < 4.78 is 26.5. The maximum atomic E-state index is 14.3. The van der Waals surface area contributed by atoms with Gasteiger partial charge < -0.3 is 20.1 Å². The number of rotatable bonds is 2. The largest absolute Gasteiger partial charge is 0.349 e. The van der Waals surface area contributed by atoms with Crippen molar-refractivity contribution in [2.75, 3.05) is 11.9 Å². The second-order valence-electron chi connectivity index (χ2n) is 15.1. The first-order valence-electron chi connectivity index (χ1n) is 16.2. The predicted octanol–water partition coefficient (Wildman–Crippen LogP) is 6.94. The molecule has 41 heavy (non-hydrogen) atoms. The van der Waals surface area contributed by atoms with Crippen LogP contribution in [0.15, 0.2) is 24.3 Å². The minimum atomic E-state index is -0.495. The minimum Gasteiger partial charge on any atom is -0.349 e. The number of hydrogen-bond donors (Lipinski definition) is 2. The normalized spacial score (nSPS) is 48.6. The second kappa shape index (κ2) is 9.77. The average molecular weight is 567 g/mol. The van der Waals surface area contributed by atoms with Gasteiger partial charge in [-0.25, -0.2) is 9.18 Å². The minimum absolute atomic E-state index is 0.115. The van der Waals surface area contributed by atoms with Crippen molar-refractivity contribution in [1.29, 1.82) is 0 Å². The smallest absolute Gasteiger partial charge is 0.319 e. The third-order valence-electron chi connectivity index (χ3n) is 13.2. The number of hydrogen-bond acceptors (Lipinski definition) is 4. The molecule has 1 spiro atoms. The zero-order valence-electron chi connectivity index (χ0n) is 25.1. The third kappa shape index (κ3) is 4.22. The van der Waals surface area contributed by atoms with Gasteiger partial charge in [-0.1, -0.05) is 27.7 Å². The number of carbonyl (C=O) groups is 2. The van der Waals surface area contributed by atoms with Gasteiger partial charge in [-0.05, 0) is 104 Å². The molecule has 2 saturated heterocycles. The SMILES string of the molecule is CC1CC[C@@]2(OC1)O[C@H]1C[C@H]3[C@@H]4CC[C@H]5C[C@H](NC(=O)Nc6ccc(F)cc6)CC[C@]5(C)[C@H]4CC(=O)[C@]3(C)C1[C@@H]2C. The maximum Gasteiger partial charge on any atom is 0.319 e. The van der Waals surface area contributed by atoms with Crippen molar-refractivity contribution in [3.8, 4) is 0 Å². The van der Waals surface area contributed by atoms with E-state index in [-0.39, 0.29) is 46.7 Å². The van der Waals surface area contributed by atoms with Crippen molar-refractivity contribution in [3.63, 3.8) is 0 Å². The van der Waals surface area contributed by atoms with Crippen molar-refractivity contribution in [1.82, 2.24) is 5.32 Å². The molecule has 4 aliphatic carbocycles. The topological polar surface area (TPSA) is 76.7 Å². The first-order chi connectivity index (χ1) is 19.5. The number of fused-ring (bicyclic) bond motifs is 7. The van der Waals surface area contributed by atoms with Crippen molar-refractivity contribution in [2.24, 2.45) is 52.3 Å². The molecule has 1 aromatic rings. The standard InChI is InChI=1S/C34H47FN2O4/c1-19-11-14-34(40-18-19)20(2)30-28(41-34)16-27-25-10-5-21-15-24(37-31(39)36-23-8-6-22(35)7-9-23)12-13-32(21,3)26(25)17-29(38)33(27,30)4/h6-9,19-21,24-28,30H,5,10-18H2,1-4H3,(H2,36,37,39)/t19?,20-,21-,24+,25+,26-,27-,28-,30?,32-,33+,34+/m0/s1. The van der Waals surface area contributed by atoms with Gasteiger partial charge >= 0.3 is 6.03 Å². The fourth-order valence-electron chi connectivity index (χ4n) is 11.0. The van der Waals surface area contributed by atoms with E-state index in [1.54, 1.807) is 12.1 Å². The molecule has 0 bridgehead atoms. The molecule has 2 N–H and O–H groups in total. The highest BCUT2D eigenvalue weighted by Crippen LogP contribution is 2.70. The van der Waals surface area contributed by atoms with Crippen LogP contribution in [-0.2, 0) is 14.3 Å². The summed E-state index contributed by atoms with van der Waals surface area (Å²) >= 11 is 0. The van der Waals surface area contributed by atoms with Gasteiger partial charge in [-0.2, -0.15) is 0 Å². The van der Waals surface area contributed by atoms with E-state index in [4.69, 9.17) is 9.47 Å². The molecular weight excluding hydrogens is 519 g/mol. The quantitative estimate of drug-likeness (QED) is 0.407. The molecule has 0 aromatic heterocycles. The Labute approximate surface area is 243 Å². The van der Waals surface area contributed by atoms with Crippen LogP contribution >= 0.6 is 0 Å². The molecule has 7 heteroatoms. The molecule has 2 unspecified atom stereocenters. The first kappa shape index (κ1) is 27.8. The van der Waals surface area contributed by atoms with Crippen LogP contribution in [0.2, 0.25) is 0 Å². The Balaban J connectivity index is 1.04. The summed E-state index contributed by atoms with van der Waals surface area (Å²) in [5, 5.41) is 6.02. The van der Waals surface area contributed by atoms with Gasteiger partial charge in [-0.3, -0.25) is 4.79 Å². The molecule has 1 aromatic carbocycles. The van der Waals surface area contributed by atoms with Gasteiger partial charge in [0.15, 0.2) is 5.79 Å². The lowest BCUT2D eigenvalue weighted by molar-refractivity contribution is -0.272. The van der Waals surface area contributed by atoms with Gasteiger partial charge in [0.2, 0.25) is 0 Å². The summed E-state index contributed by atoms with van der Waals surface area (Å²) in [6.07, 6.45) is 9.12. The number of anilines is 1. The highest BCUT2D eigenvalue weighted by atomic mass is 19.1. The zero-order chi connectivity index (χ0) is 28.7. The Kier molecular flexibility index (Phi) is 6.63. The van der Waals surface area contributed by atoms with Crippen molar-refractivity contribution >= 4 is 17.5 Å². The maximum absolute atomic E-state index is 14.3. The fourth-order valence-corrected chi connectivity index (χ4v) is 11.0. The van der Waals surface area contributed by atoms with E-state index in [9.17, 15) is 14.0 Å². The molecule has 6 fully saturated rings. The van der Waals surface area contributed by atoms with Crippen LogP contribution in [0.5, 0.6) is 0 Å². The zero-order valence-corrected chi connectivity index (χ0v) is 25.1. The summed E-state index contributed by atoms with van der Waals surface area (Å²) in [6, 6.07) is 5.74. The number of urea groups is 1. The van der Waals surface area contributed by atoms with Gasteiger partial charge in [0, 0.05) is 41.8 Å². The molecule has 6 nitrogen and oxygen atoms in total. The monoisotopic (exact) mass is 566 g/mol. The molecule has 12 atom stereocenters. The summed E-state index contributed by atoms with van der Waals surface area (Å²) in [4.78, 5) is 27.0. The van der Waals surface area contributed by atoms with E-state index in [0.29, 0.717) is 47.5 Å². The summed E-state index contributed by atoms with van der Waals surface area (Å²) in [6.45, 7) is 10.0. The summed E-state index contributed by atoms with van der Waals surface area (Å²) in [5.74, 6) is 2.58. The van der Waals surface area contributed by atoms with Crippen LogP contribution in [0, 0.1) is 58.1 Å². The van der Waals surface area contributed by atoms with E-state index in [0.717, 1.165) is 51.6 Å². The van der Waals surface area contributed by atoms with Crippen molar-refractivity contribution in [3.05, 3.63) is 30.1 Å². The summed E-state index contributed by atoms with van der Waals surface area (Å²) in [7, 11) is 0. The van der Waals surface area contributed by atoms with Gasteiger partial charge in [-0.15, -0.1) is 0 Å². The van der Waals surface area contributed by atoms with Crippen LogP contribution < -0.4 is 10.6 Å². The molecule has 2 amide bonds. The van der Waals surface area contributed by atoms with Crippen LogP contribution in [0.4, 0.5) is 14.9 Å². The number of nitrogens with one attached hydrogen (secondary N) is 2. The van der Waals surface area contributed by atoms with E-state index < -0.39 is 5.79 Å². The van der Waals surface area contributed by atoms with Crippen LogP contribution in [0.3, 0.4) is 0 Å². The Morgan fingerprint density at radius 3 is 2.51 bits per heavy atom. The number of halogens is 1. The summed E-state index contributed by atoms with van der Waals surface area (Å²) in [5.41, 5.74) is 0.394. The Morgan fingerprint density at radius 2 is 1.78 bits per heavy atom. The van der Waals surface area contributed by atoms with E-state index in [2.05, 4.69) is 38.3 Å². The number of carbonyl (C=O) groups excluding carboxylic acids is 2. The lowest BCUT2D eigenvalue weighted by Crippen LogP contribution is -2.59. The number of Topliss-reactive ketones (excluding diaryl/α,β-unsaturated/α-hetero) is 1. The number of ketones is 1. The van der Waals surface area contributed by atoms with Gasteiger partial charge in [0.1, 0.15) is 11.6 Å². The first-order valence-corrected chi connectivity index (χ1v) is 16.2. The van der Waals surface area contributed by atoms with Crippen molar-refractivity contribution < 1.29 is 23.5 Å². The Hall–Kier alpha value is -1.99. The lowest BCUT2D eigenvalue weighted by Gasteiger charge is -2.60. The van der Waals surface area contributed by atoms with Crippen molar-refractivity contribution in [2.45, 2.75) is 103 Å². The number of amides is 2. The molecule has 0 radical (unpaired) electrons. The Morgan fingerprint density at radius 1 is 1.00 bits per heavy atom. The molecule has 4 saturated carbocycles. The lowest BCUT2D eigenvalue weighted by atomic mass is 9.44. The van der Waals surface area contributed by atoms with E-state index >= 15 is 0 Å². The molecule has 6 aliphatic rings. The number of benzene rings is 1. The third-order valence-corrected chi connectivity index (χ3v) is 13.2. The van der Waals surface area contributed by atoms with E-state index in [1.807, 2.05) is 0 Å². The van der Waals surface area contributed by atoms with Crippen LogP contribution in [-0.4, -0.2) is 36.4 Å². The molecule has 2 aliphatic heterocycles.